The maximum Gasteiger partial charge on any atom is 0.238 e. The van der Waals surface area contributed by atoms with Gasteiger partial charge in [-0.2, -0.15) is 0 Å². The molecule has 104 valence electrons. The number of hydrogen-bond acceptors (Lipinski definition) is 3. The molecule has 0 radical (unpaired) electrons. The zero-order chi connectivity index (χ0) is 13.8. The van der Waals surface area contributed by atoms with Crippen molar-refractivity contribution >= 4 is 11.6 Å². The number of carbonyl (C=O) groups is 1. The predicted molar refractivity (Wildman–Crippen MR) is 73.4 cm³/mol. The van der Waals surface area contributed by atoms with Crippen LogP contribution in [0.1, 0.15) is 12.0 Å². The summed E-state index contributed by atoms with van der Waals surface area (Å²) in [6.07, 6.45) is 1.04. The summed E-state index contributed by atoms with van der Waals surface area (Å²) in [5.74, 6) is 0.0766. The molecule has 1 fully saturated rings. The molecule has 1 atom stereocenters. The molecule has 1 unspecified atom stereocenters. The Kier molecular flexibility index (Phi) is 4.50. The molecular weight excluding hydrogens is 245 g/mol. The van der Waals surface area contributed by atoms with Crippen LogP contribution in [0.25, 0.3) is 0 Å². The Labute approximate surface area is 112 Å². The highest BCUT2D eigenvalue weighted by Gasteiger charge is 2.22. The first-order valence-corrected chi connectivity index (χ1v) is 6.57. The lowest BCUT2D eigenvalue weighted by atomic mass is 10.1. The van der Waals surface area contributed by atoms with E-state index in [1.807, 2.05) is 0 Å². The molecule has 2 rings (SSSR count). The number of nitrogens with two attached hydrogens (primary N) is 1. The van der Waals surface area contributed by atoms with E-state index in [0.717, 1.165) is 19.5 Å². The van der Waals surface area contributed by atoms with Crippen LogP contribution < -0.4 is 11.1 Å². The first kappa shape index (κ1) is 14.0. The van der Waals surface area contributed by atoms with Gasteiger partial charge in [-0.1, -0.05) is 6.07 Å². The smallest absolute Gasteiger partial charge is 0.238 e. The van der Waals surface area contributed by atoms with E-state index in [1.54, 1.807) is 19.1 Å². The number of halogens is 1. The summed E-state index contributed by atoms with van der Waals surface area (Å²) in [5, 5.41) is 2.72. The number of amides is 1. The number of rotatable bonds is 4. The summed E-state index contributed by atoms with van der Waals surface area (Å²) in [6.45, 7) is 4.47. The van der Waals surface area contributed by atoms with Crippen LogP contribution in [-0.2, 0) is 4.79 Å². The molecule has 0 saturated carbocycles. The minimum absolute atomic E-state index is 0.110. The van der Waals surface area contributed by atoms with E-state index in [2.05, 4.69) is 10.2 Å². The van der Waals surface area contributed by atoms with Crippen molar-refractivity contribution in [3.63, 3.8) is 0 Å². The average molecular weight is 265 g/mol. The van der Waals surface area contributed by atoms with Crippen LogP contribution in [0.5, 0.6) is 0 Å². The van der Waals surface area contributed by atoms with Gasteiger partial charge in [0.25, 0.3) is 0 Å². The van der Waals surface area contributed by atoms with E-state index in [9.17, 15) is 9.18 Å². The van der Waals surface area contributed by atoms with Gasteiger partial charge in [0.2, 0.25) is 5.91 Å². The minimum atomic E-state index is -0.304. The maximum absolute atomic E-state index is 13.4. The van der Waals surface area contributed by atoms with Crippen molar-refractivity contribution in [3.05, 3.63) is 29.6 Å². The first-order chi connectivity index (χ1) is 9.08. The van der Waals surface area contributed by atoms with Crippen LogP contribution in [0.3, 0.4) is 0 Å². The summed E-state index contributed by atoms with van der Waals surface area (Å²) in [4.78, 5) is 13.9. The summed E-state index contributed by atoms with van der Waals surface area (Å²) < 4.78 is 13.4. The van der Waals surface area contributed by atoms with Gasteiger partial charge in [0.15, 0.2) is 0 Å². The number of aryl methyl sites for hydroxylation is 1. The lowest BCUT2D eigenvalue weighted by Gasteiger charge is -2.15. The second kappa shape index (κ2) is 6.12. The highest BCUT2D eigenvalue weighted by molar-refractivity contribution is 5.92. The SMILES string of the molecule is Cc1ccc(NC(=O)CN2CCC(CN)C2)cc1F. The average Bonchev–Trinajstić information content (AvgIpc) is 2.81. The molecule has 4 nitrogen and oxygen atoms in total. The van der Waals surface area contributed by atoms with E-state index in [0.29, 0.717) is 30.3 Å². The van der Waals surface area contributed by atoms with Crippen molar-refractivity contribution in [2.75, 3.05) is 31.5 Å². The number of nitrogens with zero attached hydrogens (tertiary/aromatic N) is 1. The van der Waals surface area contributed by atoms with E-state index in [-0.39, 0.29) is 11.7 Å². The Morgan fingerprint density at radius 2 is 2.37 bits per heavy atom. The number of likely N-dealkylation sites (tertiary alicyclic amines) is 1. The number of hydrogen-bond donors (Lipinski definition) is 2. The lowest BCUT2D eigenvalue weighted by molar-refractivity contribution is -0.117. The molecule has 1 aliphatic rings. The molecule has 1 aromatic rings. The van der Waals surface area contributed by atoms with Gasteiger partial charge in [-0.15, -0.1) is 0 Å². The van der Waals surface area contributed by atoms with Gasteiger partial charge in [-0.3, -0.25) is 9.69 Å². The fourth-order valence-electron chi connectivity index (χ4n) is 2.32. The monoisotopic (exact) mass is 265 g/mol. The molecule has 1 heterocycles. The Bertz CT molecular complexity index is 464. The molecule has 0 aromatic heterocycles. The van der Waals surface area contributed by atoms with Gasteiger partial charge >= 0.3 is 0 Å². The fourth-order valence-corrected chi connectivity index (χ4v) is 2.32. The topological polar surface area (TPSA) is 58.4 Å². The fraction of sp³-hybridized carbons (Fsp3) is 0.500. The summed E-state index contributed by atoms with van der Waals surface area (Å²) >= 11 is 0. The third kappa shape index (κ3) is 3.75. The third-order valence-electron chi connectivity index (χ3n) is 3.53. The summed E-state index contributed by atoms with van der Waals surface area (Å²) in [5.41, 5.74) is 6.69. The van der Waals surface area contributed by atoms with Crippen molar-refractivity contribution in [1.29, 1.82) is 0 Å². The van der Waals surface area contributed by atoms with E-state index in [1.165, 1.54) is 6.07 Å². The number of anilines is 1. The summed E-state index contributed by atoms with van der Waals surface area (Å²) in [6, 6.07) is 4.72. The van der Waals surface area contributed by atoms with Crippen molar-refractivity contribution in [3.8, 4) is 0 Å². The molecule has 19 heavy (non-hydrogen) atoms. The molecule has 5 heteroatoms. The molecule has 0 spiro atoms. The highest BCUT2D eigenvalue weighted by Crippen LogP contribution is 2.16. The quantitative estimate of drug-likeness (QED) is 0.864. The highest BCUT2D eigenvalue weighted by atomic mass is 19.1. The number of nitrogens with one attached hydrogen (secondary N) is 1. The van der Waals surface area contributed by atoms with Crippen LogP contribution in [0.2, 0.25) is 0 Å². The lowest BCUT2D eigenvalue weighted by Crippen LogP contribution is -2.32. The van der Waals surface area contributed by atoms with Gasteiger partial charge < -0.3 is 11.1 Å². The van der Waals surface area contributed by atoms with Crippen LogP contribution in [0.4, 0.5) is 10.1 Å². The molecule has 1 amide bonds. The molecule has 1 aromatic carbocycles. The van der Waals surface area contributed by atoms with E-state index in [4.69, 9.17) is 5.73 Å². The molecule has 1 aliphatic heterocycles. The van der Waals surface area contributed by atoms with Crippen molar-refractivity contribution in [1.82, 2.24) is 4.90 Å². The normalized spacial score (nSPS) is 19.6. The van der Waals surface area contributed by atoms with Gasteiger partial charge in [-0.05, 0) is 50.0 Å². The molecule has 3 N–H and O–H groups in total. The minimum Gasteiger partial charge on any atom is -0.330 e. The van der Waals surface area contributed by atoms with Crippen LogP contribution in [0, 0.1) is 18.7 Å². The molecule has 1 saturated heterocycles. The van der Waals surface area contributed by atoms with Crippen molar-refractivity contribution in [2.24, 2.45) is 11.7 Å². The third-order valence-corrected chi connectivity index (χ3v) is 3.53. The van der Waals surface area contributed by atoms with E-state index < -0.39 is 0 Å². The second-order valence-corrected chi connectivity index (χ2v) is 5.14. The van der Waals surface area contributed by atoms with Crippen molar-refractivity contribution in [2.45, 2.75) is 13.3 Å². The van der Waals surface area contributed by atoms with Crippen molar-refractivity contribution < 1.29 is 9.18 Å². The van der Waals surface area contributed by atoms with Gasteiger partial charge in [0, 0.05) is 12.2 Å². The van der Waals surface area contributed by atoms with Gasteiger partial charge in [-0.25, -0.2) is 4.39 Å². The molecule has 0 aliphatic carbocycles. The van der Waals surface area contributed by atoms with Gasteiger partial charge in [0.05, 0.1) is 6.54 Å². The summed E-state index contributed by atoms with van der Waals surface area (Å²) in [7, 11) is 0. The van der Waals surface area contributed by atoms with E-state index >= 15 is 0 Å². The van der Waals surface area contributed by atoms with Crippen LogP contribution in [0.15, 0.2) is 18.2 Å². The molecule has 0 bridgehead atoms. The van der Waals surface area contributed by atoms with Crippen LogP contribution >= 0.6 is 0 Å². The number of carbonyl (C=O) groups excluding carboxylic acids is 1. The largest absolute Gasteiger partial charge is 0.330 e. The predicted octanol–water partition coefficient (Wildman–Crippen LogP) is 1.35. The first-order valence-electron chi connectivity index (χ1n) is 6.57. The zero-order valence-corrected chi connectivity index (χ0v) is 11.2. The van der Waals surface area contributed by atoms with Gasteiger partial charge in [0.1, 0.15) is 5.82 Å². The number of benzene rings is 1. The Hall–Kier alpha value is -1.46. The second-order valence-electron chi connectivity index (χ2n) is 5.14. The van der Waals surface area contributed by atoms with Crippen LogP contribution in [-0.4, -0.2) is 37.0 Å². The Balaban J connectivity index is 1.86. The standard InChI is InChI=1S/C14H20FN3O/c1-10-2-3-12(6-13(10)15)17-14(19)9-18-5-4-11(7-16)8-18/h2-3,6,11H,4-5,7-9,16H2,1H3,(H,17,19). The maximum atomic E-state index is 13.4. The zero-order valence-electron chi connectivity index (χ0n) is 11.2. The Morgan fingerprint density at radius 3 is 3.00 bits per heavy atom. The Morgan fingerprint density at radius 1 is 1.58 bits per heavy atom. The molecular formula is C14H20FN3O.